The molecule has 134 valence electrons. The van der Waals surface area contributed by atoms with E-state index < -0.39 is 17.0 Å². The standard InChI is InChI=1S/C16H15N5O4S/c17-8-1-3-20(6-8)14-11(22)5-9-12(23)10(15(24)25)7-21(13(9)19-14)16-18-2-4-26-16/h2,4-5,7-8,22H,1,3,6,17H2,(H,24,25). The van der Waals surface area contributed by atoms with Gasteiger partial charge in [-0.25, -0.2) is 14.8 Å². The van der Waals surface area contributed by atoms with E-state index in [1.165, 1.54) is 28.2 Å². The molecule has 0 aliphatic carbocycles. The van der Waals surface area contributed by atoms with Crippen LogP contribution in [-0.4, -0.2) is 49.8 Å². The molecule has 4 N–H and O–H groups in total. The predicted octanol–water partition coefficient (Wildman–Crippen LogP) is 0.783. The summed E-state index contributed by atoms with van der Waals surface area (Å²) in [6, 6.07) is 1.25. The Hall–Kier alpha value is -2.98. The van der Waals surface area contributed by atoms with Gasteiger partial charge in [-0.1, -0.05) is 0 Å². The lowest BCUT2D eigenvalue weighted by atomic mass is 10.2. The molecule has 4 rings (SSSR count). The Labute approximate surface area is 151 Å². The zero-order valence-corrected chi connectivity index (χ0v) is 14.3. The number of aromatic carboxylic acids is 1. The third kappa shape index (κ3) is 2.59. The van der Waals surface area contributed by atoms with Gasteiger partial charge in [0.2, 0.25) is 5.43 Å². The van der Waals surface area contributed by atoms with E-state index in [9.17, 15) is 19.8 Å². The van der Waals surface area contributed by atoms with Gasteiger partial charge in [0, 0.05) is 36.9 Å². The molecule has 0 radical (unpaired) electrons. The molecule has 3 aromatic heterocycles. The van der Waals surface area contributed by atoms with Crippen LogP contribution in [0.2, 0.25) is 0 Å². The Morgan fingerprint density at radius 1 is 1.42 bits per heavy atom. The highest BCUT2D eigenvalue weighted by molar-refractivity contribution is 7.12. The number of fused-ring (bicyclic) bond motifs is 1. The summed E-state index contributed by atoms with van der Waals surface area (Å²) in [6.45, 7) is 1.18. The maximum Gasteiger partial charge on any atom is 0.341 e. The minimum absolute atomic E-state index is 0.0116. The van der Waals surface area contributed by atoms with Gasteiger partial charge in [-0.15, -0.1) is 11.3 Å². The molecular formula is C16H15N5O4S. The fourth-order valence-corrected chi connectivity index (χ4v) is 3.69. The van der Waals surface area contributed by atoms with Crippen molar-refractivity contribution in [2.45, 2.75) is 12.5 Å². The van der Waals surface area contributed by atoms with Crippen LogP contribution in [0.15, 0.2) is 28.6 Å². The molecule has 9 nitrogen and oxygen atoms in total. The van der Waals surface area contributed by atoms with E-state index in [-0.39, 0.29) is 22.8 Å². The van der Waals surface area contributed by atoms with Crippen molar-refractivity contribution in [3.63, 3.8) is 0 Å². The predicted molar refractivity (Wildman–Crippen MR) is 96.4 cm³/mol. The van der Waals surface area contributed by atoms with Crippen molar-refractivity contribution in [3.05, 3.63) is 39.6 Å². The first kappa shape index (κ1) is 16.5. The number of carbonyl (C=O) groups is 1. The number of pyridine rings is 2. The number of carboxylic acids is 1. The second-order valence-electron chi connectivity index (χ2n) is 6.06. The van der Waals surface area contributed by atoms with Crippen molar-refractivity contribution in [2.24, 2.45) is 5.73 Å². The average Bonchev–Trinajstić information content (AvgIpc) is 3.26. The lowest BCUT2D eigenvalue weighted by molar-refractivity contribution is 0.0695. The fraction of sp³-hybridized carbons (Fsp3) is 0.250. The van der Waals surface area contributed by atoms with Crippen LogP contribution in [0.3, 0.4) is 0 Å². The lowest BCUT2D eigenvalue weighted by Crippen LogP contribution is -2.27. The van der Waals surface area contributed by atoms with Crippen LogP contribution in [0.1, 0.15) is 16.8 Å². The Morgan fingerprint density at radius 2 is 2.23 bits per heavy atom. The molecule has 10 heteroatoms. The quantitative estimate of drug-likeness (QED) is 0.613. The Kier molecular flexibility index (Phi) is 3.85. The van der Waals surface area contributed by atoms with Crippen molar-refractivity contribution in [3.8, 4) is 10.9 Å². The highest BCUT2D eigenvalue weighted by atomic mass is 32.1. The number of rotatable bonds is 3. The molecule has 0 spiro atoms. The molecule has 1 saturated heterocycles. The average molecular weight is 373 g/mol. The van der Waals surface area contributed by atoms with Gasteiger partial charge in [-0.2, -0.15) is 0 Å². The van der Waals surface area contributed by atoms with Crippen molar-refractivity contribution in [1.29, 1.82) is 0 Å². The largest absolute Gasteiger partial charge is 0.504 e. The SMILES string of the molecule is NC1CCN(c2nc3c(cc2O)c(=O)c(C(=O)O)cn3-c2nccs2)C1. The maximum absolute atomic E-state index is 12.5. The van der Waals surface area contributed by atoms with Crippen LogP contribution in [0, 0.1) is 0 Å². The number of anilines is 1. The molecule has 1 aliphatic rings. The molecule has 0 bridgehead atoms. The fourth-order valence-electron chi connectivity index (χ4n) is 3.07. The highest BCUT2D eigenvalue weighted by Crippen LogP contribution is 2.31. The molecule has 4 heterocycles. The van der Waals surface area contributed by atoms with E-state index in [4.69, 9.17) is 5.73 Å². The van der Waals surface area contributed by atoms with E-state index in [0.717, 1.165) is 6.42 Å². The van der Waals surface area contributed by atoms with Gasteiger partial charge >= 0.3 is 5.97 Å². The van der Waals surface area contributed by atoms with Gasteiger partial charge in [0.15, 0.2) is 22.3 Å². The van der Waals surface area contributed by atoms with E-state index in [0.29, 0.717) is 24.0 Å². The number of hydrogen-bond donors (Lipinski definition) is 3. The van der Waals surface area contributed by atoms with Crippen molar-refractivity contribution in [2.75, 3.05) is 18.0 Å². The Balaban J connectivity index is 2.02. The molecule has 3 aromatic rings. The van der Waals surface area contributed by atoms with Crippen LogP contribution in [-0.2, 0) is 0 Å². The number of hydrogen-bond acceptors (Lipinski definition) is 8. The van der Waals surface area contributed by atoms with Gasteiger partial charge in [0.25, 0.3) is 0 Å². The van der Waals surface area contributed by atoms with Gasteiger partial charge in [-0.05, 0) is 12.5 Å². The number of aromatic nitrogens is 3. The Bertz CT molecular complexity index is 1060. The first-order valence-electron chi connectivity index (χ1n) is 7.88. The lowest BCUT2D eigenvalue weighted by Gasteiger charge is -2.19. The van der Waals surface area contributed by atoms with Crippen molar-refractivity contribution >= 4 is 34.2 Å². The number of carboxylic acid groups (broad SMARTS) is 1. The van der Waals surface area contributed by atoms with Crippen LogP contribution in [0.4, 0.5) is 5.82 Å². The van der Waals surface area contributed by atoms with Gasteiger partial charge in [-0.3, -0.25) is 9.36 Å². The third-order valence-electron chi connectivity index (χ3n) is 4.32. The number of nitrogens with two attached hydrogens (primary N) is 1. The van der Waals surface area contributed by atoms with E-state index >= 15 is 0 Å². The number of nitrogens with zero attached hydrogens (tertiary/aromatic N) is 4. The molecule has 0 aromatic carbocycles. The van der Waals surface area contributed by atoms with Crippen molar-refractivity contribution in [1.82, 2.24) is 14.5 Å². The van der Waals surface area contributed by atoms with Gasteiger partial charge < -0.3 is 20.8 Å². The zero-order valence-electron chi connectivity index (χ0n) is 13.5. The van der Waals surface area contributed by atoms with E-state index in [1.807, 2.05) is 4.90 Å². The minimum atomic E-state index is -1.35. The summed E-state index contributed by atoms with van der Waals surface area (Å²) in [6.07, 6.45) is 3.57. The normalized spacial score (nSPS) is 17.1. The molecule has 26 heavy (non-hydrogen) atoms. The van der Waals surface area contributed by atoms with Crippen LogP contribution in [0.25, 0.3) is 16.2 Å². The topological polar surface area (TPSA) is 135 Å². The molecule has 0 amide bonds. The summed E-state index contributed by atoms with van der Waals surface area (Å²) in [5, 5.41) is 21.9. The summed E-state index contributed by atoms with van der Waals surface area (Å²) in [5.41, 5.74) is 5.06. The van der Waals surface area contributed by atoms with E-state index in [1.54, 1.807) is 11.6 Å². The van der Waals surface area contributed by atoms with E-state index in [2.05, 4.69) is 9.97 Å². The second-order valence-corrected chi connectivity index (χ2v) is 6.93. The number of thiazole rings is 1. The molecular weight excluding hydrogens is 358 g/mol. The molecule has 0 saturated carbocycles. The first-order valence-corrected chi connectivity index (χ1v) is 8.76. The monoisotopic (exact) mass is 373 g/mol. The molecule has 1 unspecified atom stereocenters. The van der Waals surface area contributed by atoms with Crippen LogP contribution in [0.5, 0.6) is 5.75 Å². The van der Waals surface area contributed by atoms with Crippen LogP contribution >= 0.6 is 11.3 Å². The summed E-state index contributed by atoms with van der Waals surface area (Å²) in [4.78, 5) is 34.5. The Morgan fingerprint density at radius 3 is 2.85 bits per heavy atom. The van der Waals surface area contributed by atoms with Crippen LogP contribution < -0.4 is 16.1 Å². The summed E-state index contributed by atoms with van der Waals surface area (Å²) >= 11 is 1.28. The number of aromatic hydroxyl groups is 1. The molecule has 1 fully saturated rings. The van der Waals surface area contributed by atoms with Crippen molar-refractivity contribution < 1.29 is 15.0 Å². The minimum Gasteiger partial charge on any atom is -0.504 e. The van der Waals surface area contributed by atoms with Gasteiger partial charge in [0.1, 0.15) is 5.56 Å². The second kappa shape index (κ2) is 6.07. The molecule has 1 aliphatic heterocycles. The summed E-state index contributed by atoms with van der Waals surface area (Å²) in [7, 11) is 0. The zero-order chi connectivity index (χ0) is 18.4. The smallest absolute Gasteiger partial charge is 0.341 e. The summed E-state index contributed by atoms with van der Waals surface area (Å²) < 4.78 is 1.46. The first-order chi connectivity index (χ1) is 12.5. The maximum atomic E-state index is 12.5. The molecule has 1 atom stereocenters. The summed E-state index contributed by atoms with van der Waals surface area (Å²) in [5.74, 6) is -1.22. The van der Waals surface area contributed by atoms with Gasteiger partial charge in [0.05, 0.1) is 5.39 Å². The third-order valence-corrected chi connectivity index (χ3v) is 5.09. The highest BCUT2D eigenvalue weighted by Gasteiger charge is 2.25.